The summed E-state index contributed by atoms with van der Waals surface area (Å²) in [5.41, 5.74) is 8.14. The SMILES string of the molecule is c1ccc(-c2ccc(N(c3ccc4ccccc4c3)c3c(-c4nc5ccccc5o4)ccc4c3sc3ccccc34)cc2)cc1. The number of benzene rings is 7. The van der Waals surface area contributed by atoms with E-state index in [4.69, 9.17) is 9.40 Å². The van der Waals surface area contributed by atoms with Gasteiger partial charge in [0, 0.05) is 26.8 Å². The molecular formula is C41H26N2OS. The van der Waals surface area contributed by atoms with Gasteiger partial charge >= 0.3 is 0 Å². The standard InChI is InChI=1S/C41H26N2OS/c1-2-10-27(11-3-1)29-18-21-31(22-19-29)43(32-23-20-28-12-4-5-13-30(28)26-32)39-35(41-42-36-15-7-8-16-37(36)44-41)25-24-34-33-14-6-9-17-38(33)45-40(34)39/h1-26H. The lowest BCUT2D eigenvalue weighted by Crippen LogP contribution is -2.11. The van der Waals surface area contributed by atoms with Gasteiger partial charge in [-0.05, 0) is 70.4 Å². The first-order valence-electron chi connectivity index (χ1n) is 15.0. The van der Waals surface area contributed by atoms with E-state index in [2.05, 4.69) is 138 Å². The molecule has 7 aromatic carbocycles. The molecule has 3 nitrogen and oxygen atoms in total. The molecule has 0 aliphatic heterocycles. The number of hydrogen-bond donors (Lipinski definition) is 0. The molecule has 0 amide bonds. The maximum absolute atomic E-state index is 6.45. The van der Waals surface area contributed by atoms with E-state index >= 15 is 0 Å². The van der Waals surface area contributed by atoms with Crippen LogP contribution >= 0.6 is 11.3 Å². The van der Waals surface area contributed by atoms with Crippen LogP contribution in [0.25, 0.3) is 64.6 Å². The topological polar surface area (TPSA) is 29.3 Å². The van der Waals surface area contributed by atoms with Gasteiger partial charge in [0.05, 0.1) is 16.0 Å². The van der Waals surface area contributed by atoms with Crippen LogP contribution in [0.2, 0.25) is 0 Å². The largest absolute Gasteiger partial charge is 0.436 e. The molecule has 0 bridgehead atoms. The molecule has 0 saturated carbocycles. The highest BCUT2D eigenvalue weighted by Gasteiger charge is 2.25. The molecule has 0 aliphatic rings. The number of fused-ring (bicyclic) bond motifs is 5. The fourth-order valence-electron chi connectivity index (χ4n) is 6.31. The predicted octanol–water partition coefficient (Wildman–Crippen LogP) is 12.2. The lowest BCUT2D eigenvalue weighted by atomic mass is 10.0. The lowest BCUT2D eigenvalue weighted by Gasteiger charge is -2.28. The van der Waals surface area contributed by atoms with Crippen LogP contribution in [-0.4, -0.2) is 4.98 Å². The Hall–Kier alpha value is -5.71. The van der Waals surface area contributed by atoms with E-state index < -0.39 is 0 Å². The quantitative estimate of drug-likeness (QED) is 0.198. The summed E-state index contributed by atoms with van der Waals surface area (Å²) in [5, 5.41) is 4.87. The zero-order valence-corrected chi connectivity index (χ0v) is 25.0. The molecule has 0 spiro atoms. The third-order valence-corrected chi connectivity index (χ3v) is 9.69. The Labute approximate surface area is 264 Å². The molecule has 2 heterocycles. The molecule has 212 valence electrons. The lowest BCUT2D eigenvalue weighted by molar-refractivity contribution is 0.620. The zero-order valence-electron chi connectivity index (χ0n) is 24.2. The Balaban J connectivity index is 1.35. The van der Waals surface area contributed by atoms with Crippen molar-refractivity contribution in [1.29, 1.82) is 0 Å². The van der Waals surface area contributed by atoms with Gasteiger partial charge in [-0.15, -0.1) is 11.3 Å². The van der Waals surface area contributed by atoms with Crippen molar-refractivity contribution in [3.63, 3.8) is 0 Å². The van der Waals surface area contributed by atoms with Gasteiger partial charge in [-0.2, -0.15) is 0 Å². The van der Waals surface area contributed by atoms with Crippen LogP contribution in [0.1, 0.15) is 0 Å². The van der Waals surface area contributed by atoms with E-state index in [1.165, 1.54) is 42.1 Å². The maximum atomic E-state index is 6.45. The average Bonchev–Trinajstić information content (AvgIpc) is 3.71. The van der Waals surface area contributed by atoms with Crippen LogP contribution in [0.3, 0.4) is 0 Å². The second-order valence-electron chi connectivity index (χ2n) is 11.2. The van der Waals surface area contributed by atoms with Gasteiger partial charge in [-0.25, -0.2) is 4.98 Å². The van der Waals surface area contributed by atoms with Crippen LogP contribution < -0.4 is 4.90 Å². The Bertz CT molecular complexity index is 2460. The third-order valence-electron chi connectivity index (χ3n) is 8.49. The van der Waals surface area contributed by atoms with Crippen molar-refractivity contribution in [3.8, 4) is 22.6 Å². The normalized spacial score (nSPS) is 11.6. The molecule has 0 saturated heterocycles. The van der Waals surface area contributed by atoms with E-state index in [1.54, 1.807) is 0 Å². The minimum atomic E-state index is 0.609. The molecule has 0 aliphatic carbocycles. The minimum Gasteiger partial charge on any atom is -0.436 e. The van der Waals surface area contributed by atoms with E-state index in [1.807, 2.05) is 35.6 Å². The van der Waals surface area contributed by atoms with E-state index in [0.29, 0.717) is 5.89 Å². The number of nitrogens with zero attached hydrogens (tertiary/aromatic N) is 2. The average molecular weight is 595 g/mol. The van der Waals surface area contributed by atoms with E-state index in [9.17, 15) is 0 Å². The number of aromatic nitrogens is 1. The Morgan fingerprint density at radius 2 is 1.24 bits per heavy atom. The summed E-state index contributed by atoms with van der Waals surface area (Å²) < 4.78 is 8.90. The van der Waals surface area contributed by atoms with Crippen LogP contribution in [0.5, 0.6) is 0 Å². The van der Waals surface area contributed by atoms with Gasteiger partial charge < -0.3 is 9.32 Å². The van der Waals surface area contributed by atoms with Crippen molar-refractivity contribution in [2.45, 2.75) is 0 Å². The number of thiophene rings is 1. The number of hydrogen-bond acceptors (Lipinski definition) is 4. The van der Waals surface area contributed by atoms with Crippen molar-refractivity contribution in [2.75, 3.05) is 4.90 Å². The van der Waals surface area contributed by atoms with Gasteiger partial charge in [0.25, 0.3) is 0 Å². The smallest absolute Gasteiger partial charge is 0.229 e. The predicted molar refractivity (Wildman–Crippen MR) is 190 cm³/mol. The van der Waals surface area contributed by atoms with Crippen LogP contribution in [0.15, 0.2) is 162 Å². The summed E-state index contributed by atoms with van der Waals surface area (Å²) in [6, 6.07) is 55.6. The second kappa shape index (κ2) is 10.5. The van der Waals surface area contributed by atoms with Crippen molar-refractivity contribution in [1.82, 2.24) is 4.98 Å². The fourth-order valence-corrected chi connectivity index (χ4v) is 7.55. The monoisotopic (exact) mass is 594 g/mol. The van der Waals surface area contributed by atoms with Crippen molar-refractivity contribution >= 4 is 70.4 Å². The Morgan fingerprint density at radius 3 is 2.11 bits per heavy atom. The molecule has 0 radical (unpaired) electrons. The summed E-state index contributed by atoms with van der Waals surface area (Å²) in [6.07, 6.45) is 0. The first kappa shape index (κ1) is 25.8. The van der Waals surface area contributed by atoms with Gasteiger partial charge in [-0.3, -0.25) is 0 Å². The summed E-state index contributed by atoms with van der Waals surface area (Å²) in [5.74, 6) is 0.609. The highest BCUT2D eigenvalue weighted by atomic mass is 32.1. The summed E-state index contributed by atoms with van der Waals surface area (Å²) >= 11 is 1.81. The first-order chi connectivity index (χ1) is 22.3. The molecule has 9 aromatic rings. The summed E-state index contributed by atoms with van der Waals surface area (Å²) in [4.78, 5) is 7.37. The molecule has 0 fully saturated rings. The Kier molecular flexibility index (Phi) is 6.00. The Morgan fingerprint density at radius 1 is 0.533 bits per heavy atom. The maximum Gasteiger partial charge on any atom is 0.229 e. The van der Waals surface area contributed by atoms with Crippen molar-refractivity contribution in [3.05, 3.63) is 158 Å². The van der Waals surface area contributed by atoms with Gasteiger partial charge in [-0.1, -0.05) is 109 Å². The molecule has 0 N–H and O–H groups in total. The minimum absolute atomic E-state index is 0.609. The van der Waals surface area contributed by atoms with Crippen LogP contribution in [0, 0.1) is 0 Å². The van der Waals surface area contributed by atoms with Crippen molar-refractivity contribution < 1.29 is 4.42 Å². The molecule has 4 heteroatoms. The summed E-state index contributed by atoms with van der Waals surface area (Å²) in [6.45, 7) is 0. The zero-order chi connectivity index (χ0) is 29.7. The molecule has 0 atom stereocenters. The van der Waals surface area contributed by atoms with E-state index in [-0.39, 0.29) is 0 Å². The molecular weight excluding hydrogens is 569 g/mol. The van der Waals surface area contributed by atoms with Gasteiger partial charge in [0.15, 0.2) is 5.58 Å². The number of para-hydroxylation sites is 2. The highest BCUT2D eigenvalue weighted by Crippen LogP contribution is 2.50. The van der Waals surface area contributed by atoms with Gasteiger partial charge in [0.2, 0.25) is 5.89 Å². The molecule has 2 aromatic heterocycles. The molecule has 45 heavy (non-hydrogen) atoms. The first-order valence-corrected chi connectivity index (χ1v) is 15.9. The van der Waals surface area contributed by atoms with Gasteiger partial charge in [0.1, 0.15) is 5.52 Å². The highest BCUT2D eigenvalue weighted by molar-refractivity contribution is 7.26. The number of rotatable bonds is 5. The number of anilines is 3. The third kappa shape index (κ3) is 4.38. The molecule has 0 unspecified atom stereocenters. The molecule has 9 rings (SSSR count). The summed E-state index contributed by atoms with van der Waals surface area (Å²) in [7, 11) is 0. The van der Waals surface area contributed by atoms with Crippen molar-refractivity contribution in [2.24, 2.45) is 0 Å². The fraction of sp³-hybridized carbons (Fsp3) is 0. The van der Waals surface area contributed by atoms with E-state index in [0.717, 1.165) is 33.7 Å². The van der Waals surface area contributed by atoms with Crippen LogP contribution in [-0.2, 0) is 0 Å². The second-order valence-corrected chi connectivity index (χ2v) is 12.3. The number of oxazole rings is 1. The van der Waals surface area contributed by atoms with Crippen LogP contribution in [0.4, 0.5) is 17.1 Å².